The van der Waals surface area contributed by atoms with E-state index in [9.17, 15) is 4.39 Å². The van der Waals surface area contributed by atoms with Crippen molar-refractivity contribution in [2.24, 2.45) is 0 Å². The summed E-state index contributed by atoms with van der Waals surface area (Å²) < 4.78 is 14.5. The lowest BCUT2D eigenvalue weighted by atomic mass is 10.0. The lowest BCUT2D eigenvalue weighted by molar-refractivity contribution is 0.633. The van der Waals surface area contributed by atoms with Gasteiger partial charge in [-0.3, -0.25) is 0 Å². The lowest BCUT2D eigenvalue weighted by Crippen LogP contribution is -2.01. The zero-order chi connectivity index (χ0) is 17.1. The zero-order valence-corrected chi connectivity index (χ0v) is 12.4. The van der Waals surface area contributed by atoms with Crippen molar-refractivity contribution in [2.45, 2.75) is 0 Å². The second-order valence-electron chi connectivity index (χ2n) is 5.54. The Balaban J connectivity index is 1.95. The molecule has 4 aromatic rings. The van der Waals surface area contributed by atoms with Gasteiger partial charge in [0.05, 0.1) is 5.69 Å². The third-order valence-corrected chi connectivity index (χ3v) is 4.22. The molecule has 5 rings (SSSR count). The average Bonchev–Trinajstić information content (AvgIpc) is 2.97. The number of aromatic nitrogens is 4. The fraction of sp³-hybridized carbons (Fsp3) is 0. The van der Waals surface area contributed by atoms with Crippen LogP contribution in [0.25, 0.3) is 44.6 Å². The van der Waals surface area contributed by atoms with Crippen LogP contribution in [0, 0.1) is 28.5 Å². The van der Waals surface area contributed by atoms with E-state index in [2.05, 4.69) is 19.9 Å². The van der Waals surface area contributed by atoms with E-state index in [1.807, 2.05) is 30.3 Å². The number of hydrogen-bond donors (Lipinski definition) is 0. The molecule has 0 spiro atoms. The summed E-state index contributed by atoms with van der Waals surface area (Å²) in [6.45, 7) is 0. The topological polar surface area (TPSA) is 99.1 Å². The summed E-state index contributed by atoms with van der Waals surface area (Å²) in [5.41, 5.74) is 2.05. The van der Waals surface area contributed by atoms with Gasteiger partial charge in [0.2, 0.25) is 0 Å². The largest absolute Gasteiger partial charge is 0.223 e. The standard InChI is InChI=1S/C18H5FN6/c19-10-5-4-8-2-1-3-9-13(8)14(10)16-15(9)24-17-18(25-16)23-12(7-21)11(6-20)22-17/h1-5H. The summed E-state index contributed by atoms with van der Waals surface area (Å²) in [6.07, 6.45) is 0. The van der Waals surface area contributed by atoms with Crippen molar-refractivity contribution >= 4 is 22.1 Å². The number of nitriles is 2. The number of fused-ring (bicyclic) bond motifs is 4. The summed E-state index contributed by atoms with van der Waals surface area (Å²) in [6, 6.07) is 12.4. The molecule has 0 N–H and O–H groups in total. The minimum absolute atomic E-state index is 0.107. The highest BCUT2D eigenvalue weighted by atomic mass is 19.1. The maximum atomic E-state index is 14.5. The molecule has 1 aliphatic carbocycles. The molecular weight excluding hydrogens is 319 g/mol. The van der Waals surface area contributed by atoms with Crippen LogP contribution in [0.4, 0.5) is 4.39 Å². The molecule has 114 valence electrons. The van der Waals surface area contributed by atoms with Crippen molar-refractivity contribution < 1.29 is 4.39 Å². The molecule has 1 aliphatic rings. The van der Waals surface area contributed by atoms with Gasteiger partial charge in [-0.25, -0.2) is 24.3 Å². The first kappa shape index (κ1) is 13.5. The highest BCUT2D eigenvalue weighted by Gasteiger charge is 2.28. The van der Waals surface area contributed by atoms with Crippen LogP contribution in [0.15, 0.2) is 30.3 Å². The van der Waals surface area contributed by atoms with Crippen molar-refractivity contribution in [2.75, 3.05) is 0 Å². The Kier molecular flexibility index (Phi) is 2.44. The van der Waals surface area contributed by atoms with Crippen molar-refractivity contribution in [3.05, 3.63) is 47.5 Å². The molecule has 0 fully saturated rings. The fourth-order valence-corrected chi connectivity index (χ4v) is 3.19. The molecule has 0 aliphatic heterocycles. The summed E-state index contributed by atoms with van der Waals surface area (Å²) in [4.78, 5) is 17.0. The summed E-state index contributed by atoms with van der Waals surface area (Å²) >= 11 is 0. The van der Waals surface area contributed by atoms with Crippen LogP contribution in [-0.4, -0.2) is 19.9 Å². The predicted octanol–water partition coefficient (Wildman–Crippen LogP) is 3.10. The first-order valence-electron chi connectivity index (χ1n) is 7.33. The molecule has 2 heterocycles. The van der Waals surface area contributed by atoms with Gasteiger partial charge < -0.3 is 0 Å². The van der Waals surface area contributed by atoms with Crippen LogP contribution in [0.2, 0.25) is 0 Å². The Morgan fingerprint density at radius 1 is 0.800 bits per heavy atom. The SMILES string of the molecule is N#Cc1nc2nc3c(nc2nc1C#N)-c1c(F)ccc2cccc-3c12. The van der Waals surface area contributed by atoms with Gasteiger partial charge in [0.1, 0.15) is 23.6 Å². The van der Waals surface area contributed by atoms with Crippen LogP contribution in [0.5, 0.6) is 0 Å². The maximum Gasteiger partial charge on any atom is 0.199 e. The summed E-state index contributed by atoms with van der Waals surface area (Å²) in [7, 11) is 0. The molecule has 2 aromatic heterocycles. The van der Waals surface area contributed by atoms with Gasteiger partial charge in [0.25, 0.3) is 0 Å². The quantitative estimate of drug-likeness (QED) is 0.434. The van der Waals surface area contributed by atoms with Crippen molar-refractivity contribution in [1.29, 1.82) is 10.5 Å². The van der Waals surface area contributed by atoms with Crippen LogP contribution < -0.4 is 0 Å². The van der Waals surface area contributed by atoms with Crippen LogP contribution in [0.1, 0.15) is 11.4 Å². The van der Waals surface area contributed by atoms with Gasteiger partial charge in [-0.05, 0) is 11.5 Å². The third-order valence-electron chi connectivity index (χ3n) is 4.22. The molecule has 0 atom stereocenters. The van der Waals surface area contributed by atoms with E-state index in [1.165, 1.54) is 6.07 Å². The second kappa shape index (κ2) is 4.53. The monoisotopic (exact) mass is 324 g/mol. The Labute approximate surface area is 139 Å². The lowest BCUT2D eigenvalue weighted by Gasteiger charge is -2.04. The van der Waals surface area contributed by atoms with Gasteiger partial charge in [-0.2, -0.15) is 10.5 Å². The molecule has 0 radical (unpaired) electrons. The Morgan fingerprint density at radius 2 is 1.48 bits per heavy atom. The van der Waals surface area contributed by atoms with Gasteiger partial charge in [0.15, 0.2) is 22.7 Å². The van der Waals surface area contributed by atoms with E-state index in [0.29, 0.717) is 17.0 Å². The molecule has 7 heteroatoms. The molecule has 0 saturated heterocycles. The summed E-state index contributed by atoms with van der Waals surface area (Å²) in [5.74, 6) is -0.394. The van der Waals surface area contributed by atoms with E-state index in [4.69, 9.17) is 10.5 Å². The van der Waals surface area contributed by atoms with E-state index >= 15 is 0 Å². The average molecular weight is 324 g/mol. The molecule has 0 unspecified atom stereocenters. The number of rotatable bonds is 0. The van der Waals surface area contributed by atoms with E-state index in [1.54, 1.807) is 6.07 Å². The number of benzene rings is 2. The van der Waals surface area contributed by atoms with Gasteiger partial charge in [-0.15, -0.1) is 0 Å². The van der Waals surface area contributed by atoms with Crippen molar-refractivity contribution in [3.63, 3.8) is 0 Å². The highest BCUT2D eigenvalue weighted by molar-refractivity contribution is 6.14. The van der Waals surface area contributed by atoms with Gasteiger partial charge in [0, 0.05) is 16.5 Å². The van der Waals surface area contributed by atoms with E-state index < -0.39 is 5.82 Å². The molecule has 0 saturated carbocycles. The normalized spacial score (nSPS) is 11.3. The van der Waals surface area contributed by atoms with Crippen LogP contribution >= 0.6 is 0 Å². The first-order valence-corrected chi connectivity index (χ1v) is 7.33. The Bertz CT molecular complexity index is 1330. The first-order chi connectivity index (χ1) is 12.2. The third kappa shape index (κ3) is 1.64. The molecule has 2 aromatic carbocycles. The minimum Gasteiger partial charge on any atom is -0.223 e. The van der Waals surface area contributed by atoms with Crippen molar-refractivity contribution in [3.8, 4) is 34.7 Å². The second-order valence-corrected chi connectivity index (χ2v) is 5.54. The molecular formula is C18H5FN6. The van der Waals surface area contributed by atoms with E-state index in [-0.39, 0.29) is 22.7 Å². The number of hydrogen-bond acceptors (Lipinski definition) is 6. The van der Waals surface area contributed by atoms with Gasteiger partial charge >= 0.3 is 0 Å². The van der Waals surface area contributed by atoms with Crippen LogP contribution in [-0.2, 0) is 0 Å². The zero-order valence-electron chi connectivity index (χ0n) is 12.4. The Hall–Kier alpha value is -3.97. The number of halogens is 1. The smallest absolute Gasteiger partial charge is 0.199 e. The van der Waals surface area contributed by atoms with Crippen LogP contribution in [0.3, 0.4) is 0 Å². The van der Waals surface area contributed by atoms with Crippen molar-refractivity contribution in [1.82, 2.24) is 19.9 Å². The van der Waals surface area contributed by atoms with E-state index in [0.717, 1.165) is 16.3 Å². The molecule has 6 nitrogen and oxygen atoms in total. The maximum absolute atomic E-state index is 14.5. The minimum atomic E-state index is -0.394. The molecule has 0 bridgehead atoms. The molecule has 0 amide bonds. The van der Waals surface area contributed by atoms with Gasteiger partial charge in [-0.1, -0.05) is 24.3 Å². The highest BCUT2D eigenvalue weighted by Crippen LogP contribution is 2.46. The Morgan fingerprint density at radius 3 is 2.16 bits per heavy atom. The summed E-state index contributed by atoms with van der Waals surface area (Å²) in [5, 5.41) is 19.8. The fourth-order valence-electron chi connectivity index (χ4n) is 3.19. The predicted molar refractivity (Wildman–Crippen MR) is 86.5 cm³/mol. The molecule has 25 heavy (non-hydrogen) atoms. The number of nitrogens with zero attached hydrogens (tertiary/aromatic N) is 6.